The molecule has 0 bridgehead atoms. The number of fused-ring (bicyclic) bond motifs is 1. The largest absolute Gasteiger partial charge is 0.391 e. The van der Waals surface area contributed by atoms with Gasteiger partial charge in [-0.3, -0.25) is 4.90 Å². The zero-order chi connectivity index (χ0) is 9.54. The quantitative estimate of drug-likeness (QED) is 0.689. The van der Waals surface area contributed by atoms with E-state index in [9.17, 15) is 5.11 Å². The van der Waals surface area contributed by atoms with Crippen LogP contribution in [0.4, 0.5) is 0 Å². The molecule has 0 aromatic rings. The van der Waals surface area contributed by atoms with Crippen LogP contribution in [0.3, 0.4) is 0 Å². The predicted molar refractivity (Wildman–Crippen MR) is 56.1 cm³/mol. The lowest BCUT2D eigenvalue weighted by atomic mass is 10.0. The number of nitrogens with zero attached hydrogens (tertiary/aromatic N) is 1. The molecule has 3 rings (SSSR count). The fraction of sp³-hybridized carbons (Fsp3) is 1.00. The molecule has 4 atom stereocenters. The molecule has 0 aromatic carbocycles. The Morgan fingerprint density at radius 3 is 2.43 bits per heavy atom. The minimum Gasteiger partial charge on any atom is -0.391 e. The van der Waals surface area contributed by atoms with E-state index < -0.39 is 0 Å². The molecule has 2 aliphatic carbocycles. The highest BCUT2D eigenvalue weighted by Gasteiger charge is 2.43. The van der Waals surface area contributed by atoms with Crippen LogP contribution in [0.2, 0.25) is 0 Å². The summed E-state index contributed by atoms with van der Waals surface area (Å²) in [6.07, 6.45) is 9.16. The standard InChI is InChI=1S/C12H21NO/c14-12-6-2-5-11(12)13-8-7-9-3-1-4-10(9)13/h9-12,14H,1-8H2/t9?,10?,11-,12-/m0/s1. The van der Waals surface area contributed by atoms with Crippen molar-refractivity contribution in [3.63, 3.8) is 0 Å². The van der Waals surface area contributed by atoms with Crippen LogP contribution in [0.25, 0.3) is 0 Å². The minimum absolute atomic E-state index is 0.0191. The van der Waals surface area contributed by atoms with Gasteiger partial charge in [0.25, 0.3) is 0 Å². The van der Waals surface area contributed by atoms with Gasteiger partial charge in [0, 0.05) is 12.1 Å². The summed E-state index contributed by atoms with van der Waals surface area (Å²) in [5.74, 6) is 0.975. The van der Waals surface area contributed by atoms with Crippen molar-refractivity contribution in [1.82, 2.24) is 4.90 Å². The summed E-state index contributed by atoms with van der Waals surface area (Å²) in [4.78, 5) is 2.65. The summed E-state index contributed by atoms with van der Waals surface area (Å²) in [7, 11) is 0. The maximum atomic E-state index is 9.93. The molecule has 1 saturated heterocycles. The number of aliphatic hydroxyl groups excluding tert-OH is 1. The van der Waals surface area contributed by atoms with Gasteiger partial charge in [-0.25, -0.2) is 0 Å². The molecule has 2 heteroatoms. The van der Waals surface area contributed by atoms with Crippen LogP contribution in [0.15, 0.2) is 0 Å². The number of rotatable bonds is 1. The van der Waals surface area contributed by atoms with Crippen LogP contribution in [0.1, 0.15) is 44.9 Å². The first-order valence-electron chi connectivity index (χ1n) is 6.30. The normalized spacial score (nSPS) is 48.6. The van der Waals surface area contributed by atoms with Gasteiger partial charge in [-0.2, -0.15) is 0 Å². The molecule has 1 aliphatic heterocycles. The van der Waals surface area contributed by atoms with E-state index in [1.807, 2.05) is 0 Å². The fourth-order valence-corrected chi connectivity index (χ4v) is 3.99. The van der Waals surface area contributed by atoms with Crippen molar-refractivity contribution in [2.45, 2.75) is 63.1 Å². The van der Waals surface area contributed by atoms with E-state index in [-0.39, 0.29) is 6.10 Å². The highest BCUT2D eigenvalue weighted by atomic mass is 16.3. The van der Waals surface area contributed by atoms with E-state index in [1.54, 1.807) is 0 Å². The Kier molecular flexibility index (Phi) is 2.29. The number of hydrogen-bond acceptors (Lipinski definition) is 2. The van der Waals surface area contributed by atoms with Crippen LogP contribution in [-0.2, 0) is 0 Å². The Morgan fingerprint density at radius 1 is 0.857 bits per heavy atom. The summed E-state index contributed by atoms with van der Waals surface area (Å²) in [6.45, 7) is 1.26. The van der Waals surface area contributed by atoms with Crippen molar-refractivity contribution in [2.75, 3.05) is 6.54 Å². The molecule has 2 nitrogen and oxygen atoms in total. The zero-order valence-corrected chi connectivity index (χ0v) is 8.86. The first kappa shape index (κ1) is 9.17. The van der Waals surface area contributed by atoms with Gasteiger partial charge in [-0.05, 0) is 51.0 Å². The second-order valence-electron chi connectivity index (χ2n) is 5.35. The number of likely N-dealkylation sites (tertiary alicyclic amines) is 1. The Bertz CT molecular complexity index is 218. The summed E-state index contributed by atoms with van der Waals surface area (Å²) >= 11 is 0. The van der Waals surface area contributed by atoms with Crippen LogP contribution < -0.4 is 0 Å². The lowest BCUT2D eigenvalue weighted by Crippen LogP contribution is -2.43. The van der Waals surface area contributed by atoms with Crippen molar-refractivity contribution in [3.8, 4) is 0 Å². The monoisotopic (exact) mass is 195 g/mol. The van der Waals surface area contributed by atoms with Crippen LogP contribution in [0, 0.1) is 5.92 Å². The fourth-order valence-electron chi connectivity index (χ4n) is 3.99. The van der Waals surface area contributed by atoms with Gasteiger partial charge in [0.05, 0.1) is 6.10 Å². The van der Waals surface area contributed by atoms with E-state index in [2.05, 4.69) is 4.90 Å². The van der Waals surface area contributed by atoms with Gasteiger partial charge in [-0.1, -0.05) is 6.42 Å². The second kappa shape index (κ2) is 3.49. The highest BCUT2D eigenvalue weighted by Crippen LogP contribution is 2.41. The van der Waals surface area contributed by atoms with E-state index in [1.165, 1.54) is 45.1 Å². The maximum Gasteiger partial charge on any atom is 0.0695 e. The van der Waals surface area contributed by atoms with E-state index in [4.69, 9.17) is 0 Å². The van der Waals surface area contributed by atoms with Crippen molar-refractivity contribution in [1.29, 1.82) is 0 Å². The Hall–Kier alpha value is -0.0800. The topological polar surface area (TPSA) is 23.5 Å². The molecule has 2 saturated carbocycles. The van der Waals surface area contributed by atoms with E-state index >= 15 is 0 Å². The Morgan fingerprint density at radius 2 is 1.64 bits per heavy atom. The van der Waals surface area contributed by atoms with Crippen LogP contribution in [0.5, 0.6) is 0 Å². The van der Waals surface area contributed by atoms with Crippen molar-refractivity contribution in [3.05, 3.63) is 0 Å². The molecular weight excluding hydrogens is 174 g/mol. The van der Waals surface area contributed by atoms with E-state index in [0.717, 1.165) is 18.4 Å². The summed E-state index contributed by atoms with van der Waals surface area (Å²) < 4.78 is 0. The molecule has 14 heavy (non-hydrogen) atoms. The number of hydrogen-bond donors (Lipinski definition) is 1. The molecule has 3 fully saturated rings. The van der Waals surface area contributed by atoms with Gasteiger partial charge >= 0.3 is 0 Å². The minimum atomic E-state index is -0.0191. The van der Waals surface area contributed by atoms with Gasteiger partial charge in [0.1, 0.15) is 0 Å². The average Bonchev–Trinajstić information content (AvgIpc) is 2.78. The molecule has 3 aliphatic rings. The van der Waals surface area contributed by atoms with Gasteiger partial charge in [0.15, 0.2) is 0 Å². The van der Waals surface area contributed by atoms with Crippen LogP contribution in [-0.4, -0.2) is 34.7 Å². The van der Waals surface area contributed by atoms with Gasteiger partial charge < -0.3 is 5.11 Å². The predicted octanol–water partition coefficient (Wildman–Crippen LogP) is 1.77. The van der Waals surface area contributed by atoms with Gasteiger partial charge in [-0.15, -0.1) is 0 Å². The molecule has 0 amide bonds. The molecule has 0 radical (unpaired) electrons. The molecule has 2 unspecified atom stereocenters. The lowest BCUT2D eigenvalue weighted by Gasteiger charge is -2.32. The Labute approximate surface area is 86.3 Å². The molecule has 1 heterocycles. The molecule has 0 spiro atoms. The summed E-state index contributed by atoms with van der Waals surface area (Å²) in [5, 5.41) is 9.93. The van der Waals surface area contributed by atoms with Crippen LogP contribution >= 0.6 is 0 Å². The summed E-state index contributed by atoms with van der Waals surface area (Å²) in [5.41, 5.74) is 0. The maximum absolute atomic E-state index is 9.93. The lowest BCUT2D eigenvalue weighted by molar-refractivity contribution is 0.0603. The molecular formula is C12H21NO. The SMILES string of the molecule is O[C@H]1CCC[C@@H]1N1CCC2CCCC21. The first-order chi connectivity index (χ1) is 6.86. The third-order valence-corrected chi connectivity index (χ3v) is 4.67. The highest BCUT2D eigenvalue weighted by molar-refractivity contribution is 4.97. The van der Waals surface area contributed by atoms with E-state index in [0.29, 0.717) is 6.04 Å². The van der Waals surface area contributed by atoms with Crippen molar-refractivity contribution in [2.24, 2.45) is 5.92 Å². The Balaban J connectivity index is 1.72. The smallest absolute Gasteiger partial charge is 0.0695 e. The zero-order valence-electron chi connectivity index (χ0n) is 8.86. The average molecular weight is 195 g/mol. The molecule has 1 N–H and O–H groups in total. The summed E-state index contributed by atoms with van der Waals surface area (Å²) in [6, 6.07) is 1.36. The van der Waals surface area contributed by atoms with Crippen molar-refractivity contribution >= 4 is 0 Å². The molecule has 80 valence electrons. The first-order valence-corrected chi connectivity index (χ1v) is 6.30. The second-order valence-corrected chi connectivity index (χ2v) is 5.35. The third kappa shape index (κ3) is 1.31. The van der Waals surface area contributed by atoms with Crippen molar-refractivity contribution < 1.29 is 5.11 Å². The number of aliphatic hydroxyl groups is 1. The molecule has 0 aromatic heterocycles. The van der Waals surface area contributed by atoms with Gasteiger partial charge in [0.2, 0.25) is 0 Å². The third-order valence-electron chi connectivity index (χ3n) is 4.67.